The monoisotopic (exact) mass is 169 g/mol. The van der Waals surface area contributed by atoms with Crippen molar-refractivity contribution in [1.29, 1.82) is 0 Å². The van der Waals surface area contributed by atoms with Crippen LogP contribution in [0.2, 0.25) is 0 Å². The maximum Gasteiger partial charge on any atom is 0.168 e. The Bertz CT molecular complexity index is 256. The van der Waals surface area contributed by atoms with Gasteiger partial charge < -0.3 is 10.3 Å². The Morgan fingerprint density at radius 1 is 1.73 bits per heavy atom. The smallest absolute Gasteiger partial charge is 0.168 e. The first-order chi connectivity index (χ1) is 5.42. The predicted molar refractivity (Wildman–Crippen MR) is 45.7 cm³/mol. The topological polar surface area (TPSA) is 43.8 Å². The lowest BCUT2D eigenvalue weighted by Gasteiger charge is -2.00. The van der Waals surface area contributed by atoms with Crippen LogP contribution in [0.25, 0.3) is 0 Å². The maximum absolute atomic E-state index is 5.47. The highest BCUT2D eigenvalue weighted by molar-refractivity contribution is 7.99. The van der Waals surface area contributed by atoms with Crippen LogP contribution in [0.4, 0.5) is 0 Å². The van der Waals surface area contributed by atoms with Gasteiger partial charge in [0.15, 0.2) is 5.16 Å². The second-order valence-electron chi connectivity index (χ2n) is 2.57. The number of rotatable bonds is 2. The first-order valence-electron chi connectivity index (χ1n) is 3.79. The lowest BCUT2D eigenvalue weighted by atomic mass is 10.3. The molecule has 0 bridgehead atoms. The third-order valence-corrected chi connectivity index (χ3v) is 2.82. The van der Waals surface area contributed by atoms with E-state index in [-0.39, 0.29) is 0 Å². The Morgan fingerprint density at radius 2 is 2.64 bits per heavy atom. The Kier molecular flexibility index (Phi) is 1.87. The average molecular weight is 169 g/mol. The molecule has 60 valence electrons. The number of hydrogen-bond donors (Lipinski definition) is 1. The van der Waals surface area contributed by atoms with Gasteiger partial charge in [0.05, 0.1) is 0 Å². The lowest BCUT2D eigenvalue weighted by molar-refractivity contribution is 0.674. The van der Waals surface area contributed by atoms with Crippen LogP contribution in [0, 0.1) is 0 Å². The van der Waals surface area contributed by atoms with Crippen LogP contribution in [0.5, 0.6) is 0 Å². The summed E-state index contributed by atoms with van der Waals surface area (Å²) in [5.41, 5.74) is 6.75. The van der Waals surface area contributed by atoms with E-state index in [2.05, 4.69) is 9.55 Å². The Hall–Kier alpha value is -0.480. The number of hydrogen-bond acceptors (Lipinski definition) is 3. The van der Waals surface area contributed by atoms with Crippen LogP contribution in [-0.2, 0) is 13.0 Å². The van der Waals surface area contributed by atoms with Gasteiger partial charge in [-0.1, -0.05) is 11.8 Å². The summed E-state index contributed by atoms with van der Waals surface area (Å²) in [6.07, 6.45) is 2.89. The van der Waals surface area contributed by atoms with E-state index < -0.39 is 0 Å². The van der Waals surface area contributed by atoms with E-state index in [1.165, 1.54) is 11.4 Å². The molecule has 2 heterocycles. The van der Waals surface area contributed by atoms with Crippen molar-refractivity contribution in [3.8, 4) is 0 Å². The van der Waals surface area contributed by atoms with Crippen molar-refractivity contribution in [1.82, 2.24) is 9.55 Å². The fraction of sp³-hybridized carbons (Fsp3) is 0.571. The van der Waals surface area contributed by atoms with Crippen LogP contribution in [-0.4, -0.2) is 21.8 Å². The molecular formula is C7H11N3S. The van der Waals surface area contributed by atoms with E-state index in [0.717, 1.165) is 24.7 Å². The summed E-state index contributed by atoms with van der Waals surface area (Å²) in [7, 11) is 0. The number of nitrogens with zero attached hydrogens (tertiary/aromatic N) is 2. The highest BCUT2D eigenvalue weighted by Crippen LogP contribution is 2.25. The highest BCUT2D eigenvalue weighted by atomic mass is 32.2. The summed E-state index contributed by atoms with van der Waals surface area (Å²) < 4.78 is 2.26. The van der Waals surface area contributed by atoms with Gasteiger partial charge in [-0.15, -0.1) is 0 Å². The van der Waals surface area contributed by atoms with Gasteiger partial charge in [-0.2, -0.15) is 0 Å². The Morgan fingerprint density at radius 3 is 3.45 bits per heavy atom. The lowest BCUT2D eigenvalue weighted by Crippen LogP contribution is -2.07. The van der Waals surface area contributed by atoms with E-state index >= 15 is 0 Å². The average Bonchev–Trinajstić information content (AvgIpc) is 2.53. The Balaban J connectivity index is 2.27. The number of aromatic nitrogens is 2. The number of imidazole rings is 1. The third kappa shape index (κ3) is 1.16. The van der Waals surface area contributed by atoms with Crippen LogP contribution >= 0.6 is 11.8 Å². The molecule has 0 atom stereocenters. The summed E-state index contributed by atoms with van der Waals surface area (Å²) in [4.78, 5) is 4.29. The molecule has 1 aromatic heterocycles. The number of fused-ring (bicyclic) bond motifs is 1. The van der Waals surface area contributed by atoms with Gasteiger partial charge in [-0.25, -0.2) is 4.98 Å². The zero-order valence-corrected chi connectivity index (χ0v) is 7.10. The fourth-order valence-corrected chi connectivity index (χ4v) is 2.27. The van der Waals surface area contributed by atoms with E-state index in [0.29, 0.717) is 0 Å². The van der Waals surface area contributed by atoms with Crippen LogP contribution in [0.15, 0.2) is 11.4 Å². The SMILES string of the molecule is NCCc1cnc2n1CCS2. The third-order valence-electron chi connectivity index (χ3n) is 1.85. The number of nitrogens with two attached hydrogens (primary N) is 1. The molecule has 4 heteroatoms. The number of thioether (sulfide) groups is 1. The maximum atomic E-state index is 5.47. The van der Waals surface area contributed by atoms with Gasteiger partial charge in [-0.3, -0.25) is 0 Å². The van der Waals surface area contributed by atoms with Gasteiger partial charge in [0, 0.05) is 30.6 Å². The van der Waals surface area contributed by atoms with Gasteiger partial charge in [0.1, 0.15) is 0 Å². The molecule has 0 aliphatic carbocycles. The molecule has 0 aromatic carbocycles. The highest BCUT2D eigenvalue weighted by Gasteiger charge is 2.14. The largest absolute Gasteiger partial charge is 0.330 e. The summed E-state index contributed by atoms with van der Waals surface area (Å²) in [5.74, 6) is 1.17. The molecular weight excluding hydrogens is 158 g/mol. The second kappa shape index (κ2) is 2.87. The Labute approximate surface area is 70.0 Å². The predicted octanol–water partition coefficient (Wildman–Crippen LogP) is 0.490. The first kappa shape index (κ1) is 7.18. The molecule has 11 heavy (non-hydrogen) atoms. The van der Waals surface area contributed by atoms with Crippen molar-refractivity contribution in [2.75, 3.05) is 12.3 Å². The van der Waals surface area contributed by atoms with Crippen molar-refractivity contribution >= 4 is 11.8 Å². The molecule has 3 nitrogen and oxygen atoms in total. The molecule has 2 rings (SSSR count). The minimum absolute atomic E-state index is 0.718. The van der Waals surface area contributed by atoms with Gasteiger partial charge >= 0.3 is 0 Å². The van der Waals surface area contributed by atoms with Crippen molar-refractivity contribution in [3.05, 3.63) is 11.9 Å². The van der Waals surface area contributed by atoms with Crippen LogP contribution < -0.4 is 5.73 Å². The van der Waals surface area contributed by atoms with Gasteiger partial charge in [0.2, 0.25) is 0 Å². The van der Waals surface area contributed by atoms with Crippen molar-refractivity contribution in [2.24, 2.45) is 5.73 Å². The summed E-state index contributed by atoms with van der Waals surface area (Å²) >= 11 is 1.83. The molecule has 0 saturated heterocycles. The normalized spacial score (nSPS) is 15.4. The van der Waals surface area contributed by atoms with Crippen LogP contribution in [0.1, 0.15) is 5.69 Å². The quantitative estimate of drug-likeness (QED) is 0.700. The minimum atomic E-state index is 0.718. The van der Waals surface area contributed by atoms with Crippen molar-refractivity contribution in [2.45, 2.75) is 18.1 Å². The zero-order valence-electron chi connectivity index (χ0n) is 6.29. The summed E-state index contributed by atoms with van der Waals surface area (Å²) in [5, 5.41) is 1.16. The summed E-state index contributed by atoms with van der Waals surface area (Å²) in [6.45, 7) is 1.82. The standard InChI is InChI=1S/C7H11N3S/c8-2-1-6-5-9-7-10(6)3-4-11-7/h5H,1-4,8H2. The summed E-state index contributed by atoms with van der Waals surface area (Å²) in [6, 6.07) is 0. The minimum Gasteiger partial charge on any atom is -0.330 e. The first-order valence-corrected chi connectivity index (χ1v) is 4.77. The molecule has 0 radical (unpaired) electrons. The molecule has 2 N–H and O–H groups in total. The second-order valence-corrected chi connectivity index (χ2v) is 3.63. The molecule has 1 aromatic rings. The van der Waals surface area contributed by atoms with E-state index in [4.69, 9.17) is 5.73 Å². The van der Waals surface area contributed by atoms with E-state index in [9.17, 15) is 0 Å². The van der Waals surface area contributed by atoms with E-state index in [1.807, 2.05) is 18.0 Å². The van der Waals surface area contributed by atoms with E-state index in [1.54, 1.807) is 0 Å². The van der Waals surface area contributed by atoms with Crippen molar-refractivity contribution < 1.29 is 0 Å². The van der Waals surface area contributed by atoms with Gasteiger partial charge in [0.25, 0.3) is 0 Å². The zero-order chi connectivity index (χ0) is 7.68. The molecule has 0 spiro atoms. The molecule has 0 saturated carbocycles. The molecule has 1 aliphatic heterocycles. The molecule has 0 amide bonds. The van der Waals surface area contributed by atoms with Crippen LogP contribution in [0.3, 0.4) is 0 Å². The molecule has 0 unspecified atom stereocenters. The van der Waals surface area contributed by atoms with Crippen molar-refractivity contribution in [3.63, 3.8) is 0 Å². The fourth-order valence-electron chi connectivity index (χ4n) is 1.32. The van der Waals surface area contributed by atoms with Gasteiger partial charge in [-0.05, 0) is 6.54 Å². The molecule has 1 aliphatic rings. The molecule has 0 fully saturated rings.